The number of halogens is 3. The average Bonchev–Trinajstić information content (AvgIpc) is 2.38. The van der Waals surface area contributed by atoms with Gasteiger partial charge in [0.1, 0.15) is 0 Å². The van der Waals surface area contributed by atoms with Crippen LogP contribution in [0, 0.1) is 11.8 Å². The van der Waals surface area contributed by atoms with E-state index < -0.39 is 11.7 Å². The Bertz CT molecular complexity index is 453. The molecule has 112 valence electrons. The summed E-state index contributed by atoms with van der Waals surface area (Å²) in [5.41, 5.74) is 6.31. The molecule has 1 aromatic carbocycles. The second-order valence-corrected chi connectivity index (χ2v) is 6.21. The molecule has 0 saturated heterocycles. The molecule has 0 heterocycles. The fourth-order valence-electron chi connectivity index (χ4n) is 3.16. The fourth-order valence-corrected chi connectivity index (χ4v) is 3.16. The minimum Gasteiger partial charge on any atom is -0.327 e. The molecule has 20 heavy (non-hydrogen) atoms. The molecule has 2 N–H and O–H groups in total. The van der Waals surface area contributed by atoms with Crippen molar-refractivity contribution in [2.75, 3.05) is 0 Å². The predicted octanol–water partition coefficient (Wildman–Crippen LogP) is 4.57. The van der Waals surface area contributed by atoms with Crippen molar-refractivity contribution in [2.24, 2.45) is 17.6 Å². The normalized spacial score (nSPS) is 27.9. The maximum absolute atomic E-state index is 12.8. The van der Waals surface area contributed by atoms with Gasteiger partial charge in [-0.05, 0) is 48.6 Å². The Hall–Kier alpha value is -1.03. The summed E-state index contributed by atoms with van der Waals surface area (Å²) < 4.78 is 38.4. The molecule has 0 amide bonds. The Morgan fingerprint density at radius 1 is 1.20 bits per heavy atom. The number of benzene rings is 1. The number of alkyl halides is 3. The highest BCUT2D eigenvalue weighted by Gasteiger charge is 2.34. The molecular formula is C16H22F3N. The SMILES string of the molecule is CC(C)C1CCC(N)C(c2cccc(C(F)(F)F)c2)C1. The van der Waals surface area contributed by atoms with Gasteiger partial charge in [-0.2, -0.15) is 13.2 Å². The standard InChI is InChI=1S/C16H22F3N/c1-10(2)11-6-7-15(20)14(9-11)12-4-3-5-13(8-12)16(17,18)19/h3-5,8,10-11,14-15H,6-7,9,20H2,1-2H3. The van der Waals surface area contributed by atoms with Crippen molar-refractivity contribution in [1.82, 2.24) is 0 Å². The lowest BCUT2D eigenvalue weighted by molar-refractivity contribution is -0.137. The van der Waals surface area contributed by atoms with Crippen LogP contribution in [-0.4, -0.2) is 6.04 Å². The third-order valence-corrected chi connectivity index (χ3v) is 4.53. The van der Waals surface area contributed by atoms with Crippen molar-refractivity contribution in [2.45, 2.75) is 51.2 Å². The summed E-state index contributed by atoms with van der Waals surface area (Å²) in [5.74, 6) is 1.14. The van der Waals surface area contributed by atoms with Gasteiger partial charge in [-0.3, -0.25) is 0 Å². The average molecular weight is 285 g/mol. The first-order valence-electron chi connectivity index (χ1n) is 7.21. The lowest BCUT2D eigenvalue weighted by Crippen LogP contribution is -2.36. The van der Waals surface area contributed by atoms with E-state index in [2.05, 4.69) is 13.8 Å². The van der Waals surface area contributed by atoms with E-state index in [1.165, 1.54) is 12.1 Å². The Kier molecular flexibility index (Phi) is 4.43. The number of rotatable bonds is 2. The summed E-state index contributed by atoms with van der Waals surface area (Å²) in [6.45, 7) is 4.34. The lowest BCUT2D eigenvalue weighted by Gasteiger charge is -2.36. The van der Waals surface area contributed by atoms with Gasteiger partial charge < -0.3 is 5.73 Å². The minimum atomic E-state index is -4.29. The smallest absolute Gasteiger partial charge is 0.327 e. The Morgan fingerprint density at radius 2 is 1.90 bits per heavy atom. The number of nitrogens with two attached hydrogens (primary N) is 1. The van der Waals surface area contributed by atoms with Gasteiger partial charge in [0.25, 0.3) is 0 Å². The van der Waals surface area contributed by atoms with Crippen LogP contribution in [-0.2, 0) is 6.18 Å². The van der Waals surface area contributed by atoms with Crippen molar-refractivity contribution in [1.29, 1.82) is 0 Å². The molecule has 4 heteroatoms. The van der Waals surface area contributed by atoms with Crippen LogP contribution in [0.25, 0.3) is 0 Å². The van der Waals surface area contributed by atoms with Gasteiger partial charge in [0.2, 0.25) is 0 Å². The summed E-state index contributed by atoms with van der Waals surface area (Å²) in [6.07, 6.45) is -1.43. The Morgan fingerprint density at radius 3 is 2.50 bits per heavy atom. The lowest BCUT2D eigenvalue weighted by atomic mass is 9.71. The molecule has 0 aromatic heterocycles. The van der Waals surface area contributed by atoms with Gasteiger partial charge in [0.05, 0.1) is 5.56 Å². The Balaban J connectivity index is 2.25. The predicted molar refractivity (Wildman–Crippen MR) is 74.3 cm³/mol. The van der Waals surface area contributed by atoms with Crippen molar-refractivity contribution in [3.63, 3.8) is 0 Å². The molecule has 0 bridgehead atoms. The van der Waals surface area contributed by atoms with Crippen LogP contribution in [0.15, 0.2) is 24.3 Å². The first-order chi connectivity index (χ1) is 9.29. The topological polar surface area (TPSA) is 26.0 Å². The van der Waals surface area contributed by atoms with Crippen molar-refractivity contribution >= 4 is 0 Å². The van der Waals surface area contributed by atoms with E-state index in [1.54, 1.807) is 6.07 Å². The molecule has 0 aliphatic heterocycles. The number of hydrogen-bond donors (Lipinski definition) is 1. The van der Waals surface area contributed by atoms with Crippen LogP contribution in [0.5, 0.6) is 0 Å². The van der Waals surface area contributed by atoms with E-state index in [0.29, 0.717) is 11.8 Å². The third kappa shape index (κ3) is 3.35. The van der Waals surface area contributed by atoms with E-state index in [0.717, 1.165) is 30.9 Å². The van der Waals surface area contributed by atoms with Crippen LogP contribution >= 0.6 is 0 Å². The largest absolute Gasteiger partial charge is 0.416 e. The molecule has 0 radical (unpaired) electrons. The van der Waals surface area contributed by atoms with Gasteiger partial charge in [-0.25, -0.2) is 0 Å². The van der Waals surface area contributed by atoms with Gasteiger partial charge in [0.15, 0.2) is 0 Å². The van der Waals surface area contributed by atoms with Gasteiger partial charge in [-0.15, -0.1) is 0 Å². The second-order valence-electron chi connectivity index (χ2n) is 6.21. The van der Waals surface area contributed by atoms with E-state index >= 15 is 0 Å². The molecule has 0 spiro atoms. The van der Waals surface area contributed by atoms with E-state index in [4.69, 9.17) is 5.73 Å². The first kappa shape index (κ1) is 15.4. The van der Waals surface area contributed by atoms with E-state index in [1.807, 2.05) is 0 Å². The molecule has 1 aliphatic carbocycles. The second kappa shape index (κ2) is 5.76. The molecule has 1 nitrogen and oxygen atoms in total. The van der Waals surface area contributed by atoms with Crippen LogP contribution in [0.1, 0.15) is 50.2 Å². The van der Waals surface area contributed by atoms with E-state index in [-0.39, 0.29) is 12.0 Å². The van der Waals surface area contributed by atoms with Crippen molar-refractivity contribution < 1.29 is 13.2 Å². The first-order valence-corrected chi connectivity index (χ1v) is 7.21. The molecule has 1 aromatic rings. The zero-order chi connectivity index (χ0) is 14.9. The minimum absolute atomic E-state index is 0.0338. The third-order valence-electron chi connectivity index (χ3n) is 4.53. The quantitative estimate of drug-likeness (QED) is 0.846. The van der Waals surface area contributed by atoms with Crippen LogP contribution in [0.4, 0.5) is 13.2 Å². The van der Waals surface area contributed by atoms with Gasteiger partial charge in [-0.1, -0.05) is 32.0 Å². The summed E-state index contributed by atoms with van der Waals surface area (Å²) in [5, 5.41) is 0. The maximum Gasteiger partial charge on any atom is 0.416 e. The summed E-state index contributed by atoms with van der Waals surface area (Å²) >= 11 is 0. The molecule has 2 rings (SSSR count). The Labute approximate surface area is 118 Å². The summed E-state index contributed by atoms with van der Waals surface area (Å²) in [4.78, 5) is 0. The summed E-state index contributed by atoms with van der Waals surface area (Å²) in [7, 11) is 0. The molecule has 1 fully saturated rings. The van der Waals surface area contributed by atoms with Crippen molar-refractivity contribution in [3.05, 3.63) is 35.4 Å². The highest BCUT2D eigenvalue weighted by molar-refractivity contribution is 5.29. The maximum atomic E-state index is 12.8. The van der Waals surface area contributed by atoms with Crippen molar-refractivity contribution in [3.8, 4) is 0 Å². The van der Waals surface area contributed by atoms with Gasteiger partial charge in [0, 0.05) is 6.04 Å². The zero-order valence-corrected chi connectivity index (χ0v) is 12.0. The molecule has 1 aliphatic rings. The summed E-state index contributed by atoms with van der Waals surface area (Å²) in [6, 6.07) is 5.63. The van der Waals surface area contributed by atoms with E-state index in [9.17, 15) is 13.2 Å². The highest BCUT2D eigenvalue weighted by atomic mass is 19.4. The highest BCUT2D eigenvalue weighted by Crippen LogP contribution is 2.40. The number of hydrogen-bond acceptors (Lipinski definition) is 1. The zero-order valence-electron chi connectivity index (χ0n) is 12.0. The van der Waals surface area contributed by atoms with Gasteiger partial charge >= 0.3 is 6.18 Å². The molecule has 1 saturated carbocycles. The van der Waals surface area contributed by atoms with Crippen LogP contribution in [0.2, 0.25) is 0 Å². The van der Waals surface area contributed by atoms with Crippen LogP contribution in [0.3, 0.4) is 0 Å². The molecule has 3 atom stereocenters. The fraction of sp³-hybridized carbons (Fsp3) is 0.625. The molecular weight excluding hydrogens is 263 g/mol. The monoisotopic (exact) mass is 285 g/mol. The van der Waals surface area contributed by atoms with Crippen LogP contribution < -0.4 is 5.73 Å². The molecule has 3 unspecified atom stereocenters.